The zero-order valence-corrected chi connectivity index (χ0v) is 13.2. The second-order valence-corrected chi connectivity index (χ2v) is 7.02. The number of hydrogen-bond acceptors (Lipinski definition) is 2. The van der Waals surface area contributed by atoms with E-state index in [0.717, 1.165) is 5.41 Å². The predicted octanol–water partition coefficient (Wildman–Crippen LogP) is 3.94. The van der Waals surface area contributed by atoms with Crippen molar-refractivity contribution in [2.75, 3.05) is 13.1 Å². The third-order valence-electron chi connectivity index (χ3n) is 5.78. The van der Waals surface area contributed by atoms with Crippen LogP contribution in [-0.4, -0.2) is 30.1 Å². The van der Waals surface area contributed by atoms with Crippen LogP contribution >= 0.6 is 0 Å². The molecule has 2 nitrogen and oxygen atoms in total. The molecule has 2 heteroatoms. The third kappa shape index (κ3) is 3.72. The SMILES string of the molecule is CCCC(N)C(CC)N1CCC2(CCCCC2)CC1. The lowest BCUT2D eigenvalue weighted by atomic mass is 9.68. The number of nitrogens with two attached hydrogens (primary N) is 1. The Morgan fingerprint density at radius 3 is 2.16 bits per heavy atom. The van der Waals surface area contributed by atoms with Gasteiger partial charge in [0, 0.05) is 12.1 Å². The van der Waals surface area contributed by atoms with Gasteiger partial charge in [-0.1, -0.05) is 39.5 Å². The van der Waals surface area contributed by atoms with Crippen molar-refractivity contribution in [1.29, 1.82) is 0 Å². The van der Waals surface area contributed by atoms with Crippen LogP contribution in [0.25, 0.3) is 0 Å². The first-order chi connectivity index (χ1) is 9.21. The molecule has 1 aliphatic heterocycles. The first-order valence-electron chi connectivity index (χ1n) is 8.70. The molecule has 2 fully saturated rings. The smallest absolute Gasteiger partial charge is 0.0244 e. The molecule has 0 radical (unpaired) electrons. The van der Waals surface area contributed by atoms with E-state index in [0.29, 0.717) is 12.1 Å². The van der Waals surface area contributed by atoms with Crippen LogP contribution in [0.4, 0.5) is 0 Å². The Labute approximate surface area is 120 Å². The van der Waals surface area contributed by atoms with Gasteiger partial charge < -0.3 is 5.73 Å². The normalized spacial score (nSPS) is 27.3. The summed E-state index contributed by atoms with van der Waals surface area (Å²) in [5.41, 5.74) is 7.12. The van der Waals surface area contributed by atoms with E-state index in [1.807, 2.05) is 0 Å². The Bertz CT molecular complexity index is 248. The fraction of sp³-hybridized carbons (Fsp3) is 1.00. The monoisotopic (exact) mass is 266 g/mol. The Kier molecular flexibility index (Phi) is 5.70. The fourth-order valence-electron chi connectivity index (χ4n) is 4.49. The van der Waals surface area contributed by atoms with Crippen LogP contribution in [0.1, 0.15) is 78.1 Å². The van der Waals surface area contributed by atoms with Crippen LogP contribution < -0.4 is 5.73 Å². The molecule has 1 saturated carbocycles. The van der Waals surface area contributed by atoms with Gasteiger partial charge in [0.1, 0.15) is 0 Å². The molecule has 0 bridgehead atoms. The van der Waals surface area contributed by atoms with E-state index in [4.69, 9.17) is 5.73 Å². The lowest BCUT2D eigenvalue weighted by Crippen LogP contribution is -2.52. The van der Waals surface area contributed by atoms with Gasteiger partial charge in [0.15, 0.2) is 0 Å². The molecule has 1 aliphatic carbocycles. The van der Waals surface area contributed by atoms with Crippen molar-refractivity contribution >= 4 is 0 Å². The summed E-state index contributed by atoms with van der Waals surface area (Å²) >= 11 is 0. The first kappa shape index (κ1) is 15.3. The molecule has 19 heavy (non-hydrogen) atoms. The molecule has 0 aromatic rings. The molecule has 0 aromatic heterocycles. The van der Waals surface area contributed by atoms with Crippen LogP contribution in [0.5, 0.6) is 0 Å². The average Bonchev–Trinajstić information content (AvgIpc) is 2.43. The Morgan fingerprint density at radius 1 is 1.00 bits per heavy atom. The number of rotatable bonds is 5. The maximum atomic E-state index is 6.40. The lowest BCUT2D eigenvalue weighted by molar-refractivity contribution is 0.0363. The summed E-state index contributed by atoms with van der Waals surface area (Å²) in [6.45, 7) is 7.16. The molecule has 0 aromatic carbocycles. The van der Waals surface area contributed by atoms with E-state index in [1.165, 1.54) is 77.3 Å². The highest BCUT2D eigenvalue weighted by atomic mass is 15.2. The van der Waals surface area contributed by atoms with Crippen molar-refractivity contribution in [2.24, 2.45) is 11.1 Å². The van der Waals surface area contributed by atoms with E-state index in [2.05, 4.69) is 18.7 Å². The molecular formula is C17H34N2. The molecule has 112 valence electrons. The third-order valence-corrected chi connectivity index (χ3v) is 5.78. The number of nitrogens with zero attached hydrogens (tertiary/aromatic N) is 1. The van der Waals surface area contributed by atoms with E-state index >= 15 is 0 Å². The summed E-state index contributed by atoms with van der Waals surface area (Å²) in [6.07, 6.45) is 13.9. The molecule has 2 unspecified atom stereocenters. The minimum atomic E-state index is 0.385. The molecule has 1 heterocycles. The average molecular weight is 266 g/mol. The minimum absolute atomic E-state index is 0.385. The van der Waals surface area contributed by atoms with Crippen LogP contribution in [0.3, 0.4) is 0 Å². The largest absolute Gasteiger partial charge is 0.326 e. The maximum Gasteiger partial charge on any atom is 0.0244 e. The molecule has 2 rings (SSSR count). The molecular weight excluding hydrogens is 232 g/mol. The van der Waals surface area contributed by atoms with Gasteiger partial charge in [-0.3, -0.25) is 4.90 Å². The number of likely N-dealkylation sites (tertiary alicyclic amines) is 1. The first-order valence-corrected chi connectivity index (χ1v) is 8.70. The maximum absolute atomic E-state index is 6.40. The Hall–Kier alpha value is -0.0800. The van der Waals surface area contributed by atoms with Crippen molar-refractivity contribution in [3.05, 3.63) is 0 Å². The van der Waals surface area contributed by atoms with Gasteiger partial charge in [-0.05, 0) is 57.0 Å². The van der Waals surface area contributed by atoms with Gasteiger partial charge >= 0.3 is 0 Å². The summed E-state index contributed by atoms with van der Waals surface area (Å²) in [5, 5.41) is 0. The molecule has 2 N–H and O–H groups in total. The van der Waals surface area contributed by atoms with Crippen LogP contribution in [-0.2, 0) is 0 Å². The zero-order chi connectivity index (χ0) is 13.7. The standard InChI is InChI=1S/C17H34N2/c1-3-8-15(18)16(4-2)19-13-11-17(12-14-19)9-6-5-7-10-17/h15-16H,3-14,18H2,1-2H3. The van der Waals surface area contributed by atoms with Crippen molar-refractivity contribution in [2.45, 2.75) is 90.1 Å². The zero-order valence-electron chi connectivity index (χ0n) is 13.2. The van der Waals surface area contributed by atoms with Gasteiger partial charge in [-0.25, -0.2) is 0 Å². The second-order valence-electron chi connectivity index (χ2n) is 7.02. The molecule has 0 amide bonds. The minimum Gasteiger partial charge on any atom is -0.326 e. The van der Waals surface area contributed by atoms with Gasteiger partial charge in [-0.2, -0.15) is 0 Å². The van der Waals surface area contributed by atoms with E-state index < -0.39 is 0 Å². The molecule has 2 atom stereocenters. The van der Waals surface area contributed by atoms with Crippen LogP contribution in [0.2, 0.25) is 0 Å². The fourth-order valence-corrected chi connectivity index (χ4v) is 4.49. The second kappa shape index (κ2) is 7.08. The topological polar surface area (TPSA) is 29.3 Å². The quantitative estimate of drug-likeness (QED) is 0.816. The Balaban J connectivity index is 1.87. The Morgan fingerprint density at radius 2 is 1.63 bits per heavy atom. The van der Waals surface area contributed by atoms with Crippen molar-refractivity contribution in [1.82, 2.24) is 4.90 Å². The van der Waals surface area contributed by atoms with Gasteiger partial charge in [0.2, 0.25) is 0 Å². The summed E-state index contributed by atoms with van der Waals surface area (Å²) in [7, 11) is 0. The van der Waals surface area contributed by atoms with Crippen molar-refractivity contribution in [3.8, 4) is 0 Å². The summed E-state index contributed by atoms with van der Waals surface area (Å²) in [5.74, 6) is 0. The van der Waals surface area contributed by atoms with E-state index in [1.54, 1.807) is 0 Å². The summed E-state index contributed by atoms with van der Waals surface area (Å²) < 4.78 is 0. The lowest BCUT2D eigenvalue weighted by Gasteiger charge is -2.47. The summed E-state index contributed by atoms with van der Waals surface area (Å²) in [6, 6.07) is 1.01. The molecule has 2 aliphatic rings. The highest BCUT2D eigenvalue weighted by Gasteiger charge is 2.37. The predicted molar refractivity (Wildman–Crippen MR) is 83.3 cm³/mol. The van der Waals surface area contributed by atoms with Crippen molar-refractivity contribution in [3.63, 3.8) is 0 Å². The molecule has 1 spiro atoms. The van der Waals surface area contributed by atoms with Crippen LogP contribution in [0.15, 0.2) is 0 Å². The van der Waals surface area contributed by atoms with E-state index in [-0.39, 0.29) is 0 Å². The van der Waals surface area contributed by atoms with E-state index in [9.17, 15) is 0 Å². The summed E-state index contributed by atoms with van der Waals surface area (Å²) in [4.78, 5) is 2.71. The van der Waals surface area contributed by atoms with Gasteiger partial charge in [0.05, 0.1) is 0 Å². The van der Waals surface area contributed by atoms with Crippen molar-refractivity contribution < 1.29 is 0 Å². The van der Waals surface area contributed by atoms with Gasteiger partial charge in [-0.15, -0.1) is 0 Å². The van der Waals surface area contributed by atoms with Gasteiger partial charge in [0.25, 0.3) is 0 Å². The molecule has 1 saturated heterocycles. The number of hydrogen-bond donors (Lipinski definition) is 1. The number of piperidine rings is 1. The highest BCUT2D eigenvalue weighted by Crippen LogP contribution is 2.44. The van der Waals surface area contributed by atoms with Crippen LogP contribution in [0, 0.1) is 5.41 Å². The highest BCUT2D eigenvalue weighted by molar-refractivity contribution is 4.91.